The Bertz CT molecular complexity index is 563. The molecule has 2 heterocycles. The molecule has 0 unspecified atom stereocenters. The molecule has 0 bridgehead atoms. The Hall–Kier alpha value is -1.78. The van der Waals surface area contributed by atoms with Gasteiger partial charge in [0.1, 0.15) is 5.82 Å². The Morgan fingerprint density at radius 2 is 2.10 bits per heavy atom. The normalized spacial score (nSPS) is 16.5. The Kier molecular flexibility index (Phi) is 3.76. The molecule has 1 aliphatic carbocycles. The van der Waals surface area contributed by atoms with E-state index in [1.54, 1.807) is 0 Å². The summed E-state index contributed by atoms with van der Waals surface area (Å²) in [6.07, 6.45) is 12.5. The maximum atomic E-state index is 4.63. The smallest absolute Gasteiger partial charge is 0.203 e. The average Bonchev–Trinajstić information content (AvgIpc) is 2.98. The number of aromatic nitrogens is 4. The molecular weight excluding hydrogens is 250 g/mol. The Balaban J connectivity index is 1.75. The summed E-state index contributed by atoms with van der Waals surface area (Å²) in [6, 6.07) is 0.575. The Labute approximate surface area is 120 Å². The molecule has 5 heteroatoms. The van der Waals surface area contributed by atoms with Crippen LogP contribution in [0.15, 0.2) is 18.6 Å². The summed E-state index contributed by atoms with van der Waals surface area (Å²) in [5.41, 5.74) is 1.05. The van der Waals surface area contributed by atoms with Gasteiger partial charge in [0.25, 0.3) is 0 Å². The van der Waals surface area contributed by atoms with Gasteiger partial charge in [-0.3, -0.25) is 0 Å². The zero-order valence-electron chi connectivity index (χ0n) is 12.3. The molecule has 1 aliphatic rings. The van der Waals surface area contributed by atoms with Crippen molar-refractivity contribution < 1.29 is 0 Å². The number of anilines is 1. The predicted molar refractivity (Wildman–Crippen MR) is 79.8 cm³/mol. The Morgan fingerprint density at radius 3 is 2.80 bits per heavy atom. The highest BCUT2D eigenvalue weighted by molar-refractivity contribution is 5.31. The lowest BCUT2D eigenvalue weighted by atomic mass is 9.96. The van der Waals surface area contributed by atoms with E-state index in [0.717, 1.165) is 24.0 Å². The van der Waals surface area contributed by atoms with Crippen molar-refractivity contribution in [2.24, 2.45) is 7.05 Å². The maximum Gasteiger partial charge on any atom is 0.203 e. The van der Waals surface area contributed by atoms with Gasteiger partial charge in [-0.2, -0.15) is 0 Å². The van der Waals surface area contributed by atoms with Crippen LogP contribution in [0.3, 0.4) is 0 Å². The van der Waals surface area contributed by atoms with Crippen molar-refractivity contribution in [2.75, 3.05) is 5.32 Å². The van der Waals surface area contributed by atoms with Crippen LogP contribution >= 0.6 is 0 Å². The number of rotatable bonds is 4. The molecule has 0 radical (unpaired) electrons. The van der Waals surface area contributed by atoms with Crippen LogP contribution in [0.5, 0.6) is 0 Å². The number of hydrogen-bond acceptors (Lipinski definition) is 3. The number of nitrogens with one attached hydrogen (secondary N) is 1. The van der Waals surface area contributed by atoms with Gasteiger partial charge in [0, 0.05) is 31.7 Å². The first-order valence-corrected chi connectivity index (χ1v) is 7.49. The average molecular weight is 273 g/mol. The molecule has 3 rings (SSSR count). The highest BCUT2D eigenvalue weighted by Gasteiger charge is 2.16. The molecule has 108 valence electrons. The van der Waals surface area contributed by atoms with E-state index in [0.29, 0.717) is 6.04 Å². The van der Waals surface area contributed by atoms with Crippen LogP contribution < -0.4 is 5.32 Å². The summed E-state index contributed by atoms with van der Waals surface area (Å²) in [4.78, 5) is 9.02. The lowest BCUT2D eigenvalue weighted by Gasteiger charge is -2.23. The number of imidazole rings is 2. The largest absolute Gasteiger partial charge is 0.353 e. The molecule has 5 nitrogen and oxygen atoms in total. The van der Waals surface area contributed by atoms with E-state index >= 15 is 0 Å². The van der Waals surface area contributed by atoms with Gasteiger partial charge in [-0.1, -0.05) is 19.3 Å². The first kappa shape index (κ1) is 13.2. The van der Waals surface area contributed by atoms with Crippen LogP contribution in [0.1, 0.15) is 43.6 Å². The summed E-state index contributed by atoms with van der Waals surface area (Å²) in [5.74, 6) is 2.03. The van der Waals surface area contributed by atoms with Crippen molar-refractivity contribution in [3.05, 3.63) is 30.1 Å². The van der Waals surface area contributed by atoms with E-state index in [1.165, 1.54) is 32.1 Å². The van der Waals surface area contributed by atoms with Crippen molar-refractivity contribution in [1.29, 1.82) is 0 Å². The molecule has 0 aliphatic heterocycles. The third kappa shape index (κ3) is 2.86. The molecule has 0 saturated heterocycles. The van der Waals surface area contributed by atoms with Crippen LogP contribution in [-0.4, -0.2) is 25.1 Å². The first-order chi connectivity index (χ1) is 9.72. The zero-order valence-corrected chi connectivity index (χ0v) is 12.3. The van der Waals surface area contributed by atoms with Gasteiger partial charge >= 0.3 is 0 Å². The second-order valence-electron chi connectivity index (χ2n) is 5.77. The van der Waals surface area contributed by atoms with Crippen molar-refractivity contribution in [3.63, 3.8) is 0 Å². The molecule has 0 amide bonds. The van der Waals surface area contributed by atoms with Gasteiger partial charge in [-0.05, 0) is 19.8 Å². The van der Waals surface area contributed by atoms with Crippen LogP contribution in [0.4, 0.5) is 5.95 Å². The molecule has 0 aromatic carbocycles. The summed E-state index contributed by atoms with van der Waals surface area (Å²) in [7, 11) is 2.03. The molecular formula is C15H23N5. The molecule has 1 fully saturated rings. The highest BCUT2D eigenvalue weighted by Crippen LogP contribution is 2.21. The minimum Gasteiger partial charge on any atom is -0.353 e. The van der Waals surface area contributed by atoms with Crippen molar-refractivity contribution in [3.8, 4) is 0 Å². The fourth-order valence-electron chi connectivity index (χ4n) is 2.91. The van der Waals surface area contributed by atoms with Crippen molar-refractivity contribution in [1.82, 2.24) is 19.1 Å². The summed E-state index contributed by atoms with van der Waals surface area (Å²) < 4.78 is 4.23. The number of aryl methyl sites for hydroxylation is 2. The van der Waals surface area contributed by atoms with E-state index in [1.807, 2.05) is 26.4 Å². The standard InChI is InChI=1S/C15H23N5/c1-12-10-20(11-14-16-8-9-19(14)2)15(17-12)18-13-6-4-3-5-7-13/h8-10,13H,3-7,11H2,1-2H3,(H,17,18). The van der Waals surface area contributed by atoms with E-state index in [2.05, 4.69) is 30.6 Å². The van der Waals surface area contributed by atoms with E-state index in [9.17, 15) is 0 Å². The summed E-state index contributed by atoms with van der Waals surface area (Å²) in [5, 5.41) is 3.62. The van der Waals surface area contributed by atoms with Gasteiger partial charge < -0.3 is 14.5 Å². The third-order valence-electron chi connectivity index (χ3n) is 4.07. The number of nitrogens with zero attached hydrogens (tertiary/aromatic N) is 4. The lowest BCUT2D eigenvalue weighted by molar-refractivity contribution is 0.459. The quantitative estimate of drug-likeness (QED) is 0.931. The second-order valence-corrected chi connectivity index (χ2v) is 5.77. The highest BCUT2D eigenvalue weighted by atomic mass is 15.2. The fraction of sp³-hybridized carbons (Fsp3) is 0.600. The van der Waals surface area contributed by atoms with Crippen LogP contribution in [0.25, 0.3) is 0 Å². The first-order valence-electron chi connectivity index (χ1n) is 7.49. The molecule has 1 saturated carbocycles. The zero-order chi connectivity index (χ0) is 13.9. The second kappa shape index (κ2) is 5.69. The van der Waals surface area contributed by atoms with E-state index in [4.69, 9.17) is 0 Å². The molecule has 1 N–H and O–H groups in total. The van der Waals surface area contributed by atoms with Gasteiger partial charge in [0.2, 0.25) is 5.95 Å². The molecule has 0 spiro atoms. The van der Waals surface area contributed by atoms with Gasteiger partial charge in [-0.15, -0.1) is 0 Å². The predicted octanol–water partition coefficient (Wildman–Crippen LogP) is 2.72. The maximum absolute atomic E-state index is 4.63. The van der Waals surface area contributed by atoms with Crippen LogP contribution in [0.2, 0.25) is 0 Å². The third-order valence-corrected chi connectivity index (χ3v) is 4.07. The van der Waals surface area contributed by atoms with Gasteiger partial charge in [0.05, 0.1) is 12.2 Å². The lowest BCUT2D eigenvalue weighted by Crippen LogP contribution is -2.24. The van der Waals surface area contributed by atoms with Crippen molar-refractivity contribution >= 4 is 5.95 Å². The van der Waals surface area contributed by atoms with Crippen LogP contribution in [-0.2, 0) is 13.6 Å². The minimum absolute atomic E-state index is 0.575. The van der Waals surface area contributed by atoms with Gasteiger partial charge in [-0.25, -0.2) is 9.97 Å². The SMILES string of the molecule is Cc1cn(Cc2nccn2C)c(NC2CCCCC2)n1. The summed E-state index contributed by atoms with van der Waals surface area (Å²) in [6.45, 7) is 2.81. The molecule has 2 aromatic heterocycles. The summed E-state index contributed by atoms with van der Waals surface area (Å²) >= 11 is 0. The fourth-order valence-corrected chi connectivity index (χ4v) is 2.91. The molecule has 0 atom stereocenters. The minimum atomic E-state index is 0.575. The van der Waals surface area contributed by atoms with E-state index < -0.39 is 0 Å². The molecule has 2 aromatic rings. The molecule has 20 heavy (non-hydrogen) atoms. The van der Waals surface area contributed by atoms with Crippen molar-refractivity contribution in [2.45, 2.75) is 51.6 Å². The van der Waals surface area contributed by atoms with Crippen LogP contribution in [0, 0.1) is 6.92 Å². The van der Waals surface area contributed by atoms with Gasteiger partial charge in [0.15, 0.2) is 0 Å². The number of hydrogen-bond donors (Lipinski definition) is 1. The van der Waals surface area contributed by atoms with E-state index in [-0.39, 0.29) is 0 Å². The topological polar surface area (TPSA) is 47.7 Å². The Morgan fingerprint density at radius 1 is 1.30 bits per heavy atom. The monoisotopic (exact) mass is 273 g/mol.